The molecular weight excluding hydrogens is 584 g/mol. The van der Waals surface area contributed by atoms with Gasteiger partial charge in [-0.25, -0.2) is 17.6 Å². The van der Waals surface area contributed by atoms with E-state index in [0.29, 0.717) is 17.0 Å². The first-order valence-corrected chi connectivity index (χ1v) is 14.4. The Labute approximate surface area is 249 Å². The number of hydrogen-bond donors (Lipinski definition) is 0. The van der Waals surface area contributed by atoms with Crippen LogP contribution in [0.3, 0.4) is 0 Å². The Bertz CT molecular complexity index is 1680. The van der Waals surface area contributed by atoms with Crippen molar-refractivity contribution in [1.82, 2.24) is 14.8 Å². The molecule has 0 radical (unpaired) electrons. The molecule has 2 heterocycles. The van der Waals surface area contributed by atoms with Crippen molar-refractivity contribution in [2.24, 2.45) is 5.92 Å². The van der Waals surface area contributed by atoms with Gasteiger partial charge in [-0.05, 0) is 74.1 Å². The minimum Gasteiger partial charge on any atom is -0.491 e. The molecule has 1 saturated carbocycles. The second kappa shape index (κ2) is 11.4. The van der Waals surface area contributed by atoms with Crippen molar-refractivity contribution in [2.45, 2.75) is 69.9 Å². The molecule has 5 nitrogen and oxygen atoms in total. The van der Waals surface area contributed by atoms with Crippen molar-refractivity contribution in [1.29, 1.82) is 0 Å². The van der Waals surface area contributed by atoms with Crippen molar-refractivity contribution in [3.63, 3.8) is 0 Å². The van der Waals surface area contributed by atoms with Gasteiger partial charge in [0.25, 0.3) is 12.3 Å². The molecule has 2 unspecified atom stereocenters. The molecule has 2 aromatic heterocycles. The molecule has 2 aromatic carbocycles. The molecular formula is C33H29F6N3O2. The average molecular weight is 614 g/mol. The third kappa shape index (κ3) is 5.71. The highest BCUT2D eigenvalue weighted by atomic mass is 19.3. The quantitative estimate of drug-likeness (QED) is 0.160. The van der Waals surface area contributed by atoms with Crippen LogP contribution in [0.1, 0.15) is 73.2 Å². The molecule has 2 aliphatic rings. The van der Waals surface area contributed by atoms with Gasteiger partial charge in [-0.3, -0.25) is 14.5 Å². The van der Waals surface area contributed by atoms with E-state index in [9.17, 15) is 22.4 Å². The van der Waals surface area contributed by atoms with Crippen molar-refractivity contribution >= 4 is 5.78 Å². The van der Waals surface area contributed by atoms with E-state index >= 15 is 8.78 Å². The number of fused-ring (bicyclic) bond motifs is 3. The molecule has 3 atom stereocenters. The van der Waals surface area contributed by atoms with Crippen LogP contribution >= 0.6 is 0 Å². The Kier molecular flexibility index (Phi) is 7.75. The highest BCUT2D eigenvalue weighted by Gasteiger charge is 2.67. The van der Waals surface area contributed by atoms with Crippen molar-refractivity contribution < 1.29 is 35.9 Å². The summed E-state index contributed by atoms with van der Waals surface area (Å²) in [5.74, 6) is -7.33. The van der Waals surface area contributed by atoms with Crippen LogP contribution in [0.4, 0.5) is 26.3 Å². The van der Waals surface area contributed by atoms with E-state index in [1.54, 1.807) is 24.3 Å². The van der Waals surface area contributed by atoms with Gasteiger partial charge in [0.15, 0.2) is 5.78 Å². The van der Waals surface area contributed by atoms with Gasteiger partial charge in [-0.15, -0.1) is 0 Å². The summed E-state index contributed by atoms with van der Waals surface area (Å²) in [7, 11) is 0. The second-order valence-electron chi connectivity index (χ2n) is 11.7. The number of Topliss-reactive ketones (excluding diaryl/α,β-unsaturated/α-hetero) is 1. The predicted octanol–water partition coefficient (Wildman–Crippen LogP) is 8.14. The Hall–Kier alpha value is -4.15. The number of pyridine rings is 1. The predicted molar refractivity (Wildman–Crippen MR) is 150 cm³/mol. The maximum Gasteiger partial charge on any atom is 0.293 e. The van der Waals surface area contributed by atoms with Crippen molar-refractivity contribution in [3.8, 4) is 16.9 Å². The van der Waals surface area contributed by atoms with E-state index in [0.717, 1.165) is 28.4 Å². The van der Waals surface area contributed by atoms with Crippen LogP contribution in [0.2, 0.25) is 0 Å². The third-order valence-electron chi connectivity index (χ3n) is 8.13. The standard InChI is InChI=1S/C33H29F6N3O2/c1-17(2)44-24-7-5-19(6-8-24)25-4-3-9-40-29(25)20(10-18-11-21(34)14-22(35)12-18)13-23(43)16-42-31-28(30(41-42)32(36)37)26-15-27(26)33(31,38)39/h3-9,11-12,14,17,20,26-27,32H,10,13,15-16H2,1-2H3/t20-,26?,27?/m1/s1. The highest BCUT2D eigenvalue weighted by molar-refractivity contribution is 5.80. The number of nitrogens with zero attached hydrogens (tertiary/aromatic N) is 3. The summed E-state index contributed by atoms with van der Waals surface area (Å²) in [6, 6.07) is 13.8. The number of rotatable bonds is 11. The smallest absolute Gasteiger partial charge is 0.293 e. The lowest BCUT2D eigenvalue weighted by Gasteiger charge is -2.21. The van der Waals surface area contributed by atoms with Crippen LogP contribution in [0.15, 0.2) is 60.8 Å². The van der Waals surface area contributed by atoms with Gasteiger partial charge in [0.1, 0.15) is 35.3 Å². The Morgan fingerprint density at radius 3 is 2.41 bits per heavy atom. The SMILES string of the molecule is CC(C)Oc1ccc(-c2cccnc2[C@@H](CC(=O)Cn2nc(C(F)F)c3c2C(F)(F)C2CC32)Cc2cc(F)cc(F)c2)cc1. The Morgan fingerprint density at radius 1 is 1.05 bits per heavy atom. The summed E-state index contributed by atoms with van der Waals surface area (Å²) in [4.78, 5) is 18.1. The number of hydrogen-bond acceptors (Lipinski definition) is 4. The van der Waals surface area contributed by atoms with E-state index in [2.05, 4.69) is 10.1 Å². The number of benzene rings is 2. The second-order valence-corrected chi connectivity index (χ2v) is 11.7. The number of halogens is 6. The highest BCUT2D eigenvalue weighted by Crippen LogP contribution is 2.68. The van der Waals surface area contributed by atoms with Crippen LogP contribution in [-0.2, 0) is 23.7 Å². The first-order chi connectivity index (χ1) is 20.9. The topological polar surface area (TPSA) is 57.0 Å². The number of ketones is 1. The van der Waals surface area contributed by atoms with Gasteiger partial charge < -0.3 is 4.74 Å². The Balaban J connectivity index is 1.33. The maximum absolute atomic E-state index is 15.1. The summed E-state index contributed by atoms with van der Waals surface area (Å²) in [5.41, 5.74) is 0.654. The van der Waals surface area contributed by atoms with Crippen LogP contribution in [0, 0.1) is 17.6 Å². The van der Waals surface area contributed by atoms with Crippen LogP contribution in [0.5, 0.6) is 5.75 Å². The number of aromatic nitrogens is 3. The monoisotopic (exact) mass is 613 g/mol. The lowest BCUT2D eigenvalue weighted by molar-refractivity contribution is -0.120. The van der Waals surface area contributed by atoms with E-state index in [1.807, 2.05) is 26.0 Å². The van der Waals surface area contributed by atoms with Crippen molar-refractivity contribution in [3.05, 3.63) is 101 Å². The first-order valence-electron chi connectivity index (χ1n) is 14.4. The molecule has 230 valence electrons. The lowest BCUT2D eigenvalue weighted by atomic mass is 9.87. The van der Waals surface area contributed by atoms with Crippen LogP contribution < -0.4 is 4.74 Å². The summed E-state index contributed by atoms with van der Waals surface area (Å²) in [6.45, 7) is 3.15. The molecule has 0 saturated heterocycles. The molecule has 44 heavy (non-hydrogen) atoms. The van der Waals surface area contributed by atoms with E-state index in [1.165, 1.54) is 6.20 Å². The summed E-state index contributed by atoms with van der Waals surface area (Å²) < 4.78 is 92.4. The summed E-state index contributed by atoms with van der Waals surface area (Å²) in [5, 5.41) is 3.76. The zero-order valence-electron chi connectivity index (χ0n) is 23.9. The minimum absolute atomic E-state index is 0.00121. The van der Waals surface area contributed by atoms with E-state index in [4.69, 9.17) is 4.74 Å². The third-order valence-corrected chi connectivity index (χ3v) is 8.13. The normalized spacial score (nSPS) is 18.8. The molecule has 2 aliphatic carbocycles. The fourth-order valence-corrected chi connectivity index (χ4v) is 6.33. The number of alkyl halides is 4. The Morgan fingerprint density at radius 2 is 1.75 bits per heavy atom. The first kappa shape index (κ1) is 29.9. The van der Waals surface area contributed by atoms with E-state index in [-0.39, 0.29) is 36.5 Å². The van der Waals surface area contributed by atoms with Gasteiger partial charge in [0.05, 0.1) is 11.8 Å². The molecule has 0 spiro atoms. The number of carbonyl (C=O) groups excluding carboxylic acids is 1. The molecule has 0 amide bonds. The number of carbonyl (C=O) groups is 1. The summed E-state index contributed by atoms with van der Waals surface area (Å²) >= 11 is 0. The number of ether oxygens (including phenoxy) is 1. The molecule has 0 bridgehead atoms. The van der Waals surface area contributed by atoms with Gasteiger partial charge in [0, 0.05) is 41.6 Å². The molecule has 1 fully saturated rings. The van der Waals surface area contributed by atoms with Gasteiger partial charge in [-0.1, -0.05) is 18.2 Å². The minimum atomic E-state index is -3.36. The van der Waals surface area contributed by atoms with Gasteiger partial charge in [0.2, 0.25) is 0 Å². The van der Waals surface area contributed by atoms with Crippen LogP contribution in [0.25, 0.3) is 11.1 Å². The molecule has 0 N–H and O–H groups in total. The summed E-state index contributed by atoms with van der Waals surface area (Å²) in [6.07, 6.45) is -1.72. The van der Waals surface area contributed by atoms with Gasteiger partial charge >= 0.3 is 0 Å². The van der Waals surface area contributed by atoms with Crippen molar-refractivity contribution in [2.75, 3.05) is 0 Å². The molecule has 0 aliphatic heterocycles. The zero-order valence-corrected chi connectivity index (χ0v) is 23.9. The average Bonchev–Trinajstić information content (AvgIpc) is 3.61. The lowest BCUT2D eigenvalue weighted by Crippen LogP contribution is -2.24. The fourth-order valence-electron chi connectivity index (χ4n) is 6.33. The molecule has 11 heteroatoms. The molecule has 4 aromatic rings. The fraction of sp³-hybridized carbons (Fsp3) is 0.364. The largest absolute Gasteiger partial charge is 0.491 e. The molecule has 6 rings (SSSR count). The van der Waals surface area contributed by atoms with Gasteiger partial charge in [-0.2, -0.15) is 13.9 Å². The maximum atomic E-state index is 15.1. The van der Waals surface area contributed by atoms with Crippen LogP contribution in [-0.4, -0.2) is 26.7 Å². The zero-order chi connectivity index (χ0) is 31.3. The van der Waals surface area contributed by atoms with E-state index < -0.39 is 65.5 Å².